The van der Waals surface area contributed by atoms with E-state index >= 15 is 4.39 Å². The van der Waals surface area contributed by atoms with Gasteiger partial charge in [0.05, 0.1) is 35.9 Å². The highest BCUT2D eigenvalue weighted by Crippen LogP contribution is 2.38. The number of likely N-dealkylation sites (N-methyl/N-ethyl adjacent to an activating group) is 1. The quantitative estimate of drug-likeness (QED) is 0.376. The highest BCUT2D eigenvalue weighted by molar-refractivity contribution is 6.05. The summed E-state index contributed by atoms with van der Waals surface area (Å²) in [6.45, 7) is 3.74. The summed E-state index contributed by atoms with van der Waals surface area (Å²) in [5, 5.41) is 4.21. The molecule has 1 amide bonds. The zero-order valence-electron chi connectivity index (χ0n) is 22.6. The first-order chi connectivity index (χ1) is 19.5. The number of anilines is 3. The van der Waals surface area contributed by atoms with Crippen LogP contribution in [0, 0.1) is 12.7 Å². The molecule has 2 aromatic carbocycles. The van der Waals surface area contributed by atoms with Crippen LogP contribution in [0.3, 0.4) is 0 Å². The van der Waals surface area contributed by atoms with Crippen molar-refractivity contribution in [3.05, 3.63) is 83.1 Å². The summed E-state index contributed by atoms with van der Waals surface area (Å²) in [7, 11) is 3.44. The number of ether oxygens (including phenoxy) is 1. The van der Waals surface area contributed by atoms with Gasteiger partial charge >= 0.3 is 6.18 Å². The van der Waals surface area contributed by atoms with Crippen LogP contribution in [0.4, 0.5) is 34.6 Å². The van der Waals surface area contributed by atoms with Gasteiger partial charge < -0.3 is 25.3 Å². The molecule has 3 heterocycles. The number of rotatable bonds is 6. The number of amides is 1. The largest absolute Gasteiger partial charge is 0.495 e. The van der Waals surface area contributed by atoms with E-state index in [1.54, 1.807) is 53.8 Å². The molecule has 0 spiro atoms. The van der Waals surface area contributed by atoms with Gasteiger partial charge in [-0.3, -0.25) is 14.8 Å². The van der Waals surface area contributed by atoms with Crippen molar-refractivity contribution in [2.45, 2.75) is 13.1 Å². The number of carbonyl (C=O) groups is 1. The topological polar surface area (TPSA) is 85.0 Å². The van der Waals surface area contributed by atoms with Crippen molar-refractivity contribution < 1.29 is 27.1 Å². The van der Waals surface area contributed by atoms with Crippen molar-refractivity contribution >= 4 is 28.7 Å². The maximum absolute atomic E-state index is 15.0. The number of methoxy groups -OCH3 is 1. The maximum Gasteiger partial charge on any atom is 0.419 e. The third kappa shape index (κ3) is 6.05. The second kappa shape index (κ2) is 11.3. The predicted molar refractivity (Wildman–Crippen MR) is 148 cm³/mol. The molecule has 216 valence electrons. The zero-order valence-corrected chi connectivity index (χ0v) is 22.6. The van der Waals surface area contributed by atoms with Crippen LogP contribution in [0.25, 0.3) is 5.70 Å². The number of alkyl halides is 3. The molecule has 3 aromatic rings. The van der Waals surface area contributed by atoms with Crippen molar-refractivity contribution in [3.63, 3.8) is 0 Å². The fourth-order valence-corrected chi connectivity index (χ4v) is 4.65. The van der Waals surface area contributed by atoms with E-state index in [0.29, 0.717) is 49.4 Å². The number of aromatic nitrogens is 1. The molecule has 2 aliphatic heterocycles. The number of hydrogen-bond acceptors (Lipinski definition) is 8. The van der Waals surface area contributed by atoms with E-state index in [-0.39, 0.29) is 16.9 Å². The zero-order chi connectivity index (χ0) is 29.3. The Morgan fingerprint density at radius 2 is 1.80 bits per heavy atom. The van der Waals surface area contributed by atoms with E-state index in [2.05, 4.69) is 21.3 Å². The molecule has 1 fully saturated rings. The number of benzene rings is 2. The van der Waals surface area contributed by atoms with Crippen molar-refractivity contribution in [1.29, 1.82) is 0 Å². The minimum atomic E-state index is -4.93. The minimum Gasteiger partial charge on any atom is -0.495 e. The molecule has 0 radical (unpaired) electrons. The molecule has 13 heteroatoms. The summed E-state index contributed by atoms with van der Waals surface area (Å²) in [6, 6.07) is 8.60. The fourth-order valence-electron chi connectivity index (χ4n) is 4.65. The third-order valence-electron chi connectivity index (χ3n) is 7.02. The van der Waals surface area contributed by atoms with Gasteiger partial charge in [0, 0.05) is 55.4 Å². The molecule has 0 bridgehead atoms. The smallest absolute Gasteiger partial charge is 0.419 e. The lowest BCUT2D eigenvalue weighted by atomic mass is 10.1. The lowest BCUT2D eigenvalue weighted by Gasteiger charge is -2.34. The predicted octanol–water partition coefficient (Wildman–Crippen LogP) is 4.39. The highest BCUT2D eigenvalue weighted by Gasteiger charge is 2.37. The third-order valence-corrected chi connectivity index (χ3v) is 7.02. The Bertz CT molecular complexity index is 1490. The van der Waals surface area contributed by atoms with Gasteiger partial charge in [-0.25, -0.2) is 4.39 Å². The monoisotopic (exact) mass is 571 g/mol. The SMILES string of the molecule is COc1cncc(C2=CN(c3cc(C(=O)Nc4cc(N5CCN(C)CC5)c(F)c(C(F)(F)F)c4)ccc3C)NN2)c1. The van der Waals surface area contributed by atoms with Crippen LogP contribution in [-0.2, 0) is 6.18 Å². The number of pyridine rings is 1. The van der Waals surface area contributed by atoms with Gasteiger partial charge in [-0.15, -0.1) is 5.53 Å². The summed E-state index contributed by atoms with van der Waals surface area (Å²) in [4.78, 5) is 21.0. The maximum atomic E-state index is 15.0. The number of nitrogens with zero attached hydrogens (tertiary/aromatic N) is 4. The average Bonchev–Trinajstić information content (AvgIpc) is 3.44. The fraction of sp³-hybridized carbons (Fsp3) is 0.286. The molecule has 0 atom stereocenters. The number of carbonyl (C=O) groups excluding carboxylic acids is 1. The van der Waals surface area contributed by atoms with E-state index < -0.39 is 23.5 Å². The molecule has 0 unspecified atom stereocenters. The van der Waals surface area contributed by atoms with Crippen LogP contribution in [0.1, 0.15) is 27.0 Å². The van der Waals surface area contributed by atoms with Gasteiger partial charge in [0.1, 0.15) is 5.75 Å². The molecule has 1 saturated heterocycles. The summed E-state index contributed by atoms with van der Waals surface area (Å²) < 4.78 is 61.5. The Labute approximate surface area is 234 Å². The average molecular weight is 572 g/mol. The van der Waals surface area contributed by atoms with Crippen molar-refractivity contribution in [3.8, 4) is 5.75 Å². The Balaban J connectivity index is 1.41. The van der Waals surface area contributed by atoms with E-state index in [1.807, 2.05) is 24.9 Å². The van der Waals surface area contributed by atoms with Gasteiger partial charge in [0.25, 0.3) is 5.91 Å². The molecule has 3 N–H and O–H groups in total. The minimum absolute atomic E-state index is 0.145. The van der Waals surface area contributed by atoms with Crippen LogP contribution >= 0.6 is 0 Å². The van der Waals surface area contributed by atoms with Gasteiger partial charge in [-0.1, -0.05) is 6.07 Å². The van der Waals surface area contributed by atoms with E-state index in [9.17, 15) is 18.0 Å². The Morgan fingerprint density at radius 3 is 2.51 bits per heavy atom. The first kappa shape index (κ1) is 28.2. The molecule has 2 aliphatic rings. The number of hydrogen-bond donors (Lipinski definition) is 3. The number of aryl methyl sites for hydroxylation is 1. The highest BCUT2D eigenvalue weighted by atomic mass is 19.4. The molecular weight excluding hydrogens is 542 g/mol. The Kier molecular flexibility index (Phi) is 7.74. The Hall–Kier alpha value is -4.36. The van der Waals surface area contributed by atoms with E-state index in [4.69, 9.17) is 4.74 Å². The van der Waals surface area contributed by atoms with E-state index in [1.165, 1.54) is 6.07 Å². The molecule has 41 heavy (non-hydrogen) atoms. The molecule has 9 nitrogen and oxygen atoms in total. The van der Waals surface area contributed by atoms with Gasteiger partial charge in [0.2, 0.25) is 0 Å². The lowest BCUT2D eigenvalue weighted by molar-refractivity contribution is -0.139. The van der Waals surface area contributed by atoms with Crippen molar-refractivity contribution in [1.82, 2.24) is 20.8 Å². The molecule has 1 aromatic heterocycles. The second-order valence-electron chi connectivity index (χ2n) is 9.86. The summed E-state index contributed by atoms with van der Waals surface area (Å²) in [5.41, 5.74) is 7.42. The van der Waals surface area contributed by atoms with Gasteiger partial charge in [0.15, 0.2) is 5.82 Å². The molecule has 0 saturated carbocycles. The number of piperazine rings is 1. The molecule has 0 aliphatic carbocycles. The second-order valence-corrected chi connectivity index (χ2v) is 9.86. The normalized spacial score (nSPS) is 15.9. The van der Waals surface area contributed by atoms with E-state index in [0.717, 1.165) is 11.1 Å². The molecular formula is C28H29F4N7O2. The van der Waals surface area contributed by atoms with Gasteiger partial charge in [-0.05, 0) is 49.9 Å². The summed E-state index contributed by atoms with van der Waals surface area (Å²) in [5.74, 6) is -1.40. The first-order valence-corrected chi connectivity index (χ1v) is 12.8. The summed E-state index contributed by atoms with van der Waals surface area (Å²) in [6.07, 6.45) is 0.0964. The van der Waals surface area contributed by atoms with Crippen LogP contribution in [0.15, 0.2) is 55.0 Å². The first-order valence-electron chi connectivity index (χ1n) is 12.8. The van der Waals surface area contributed by atoms with Crippen LogP contribution in [-0.4, -0.2) is 56.1 Å². The standard InChI is InChI=1S/C28H29F4N7O2/c1-17-4-5-18(11-24(17)39-16-23(35-36-39)19-10-21(41-3)15-33-14-19)27(40)34-20-12-22(28(30,31)32)26(29)25(13-20)38-8-6-37(2)7-9-38/h4-5,10-16,35-36H,6-9H2,1-3H3,(H,34,40). The number of halogens is 4. The van der Waals surface area contributed by atoms with Gasteiger partial charge in [-0.2, -0.15) is 13.2 Å². The van der Waals surface area contributed by atoms with Crippen LogP contribution in [0.2, 0.25) is 0 Å². The number of hydrazine groups is 2. The Morgan fingerprint density at radius 1 is 1.05 bits per heavy atom. The molecule has 5 rings (SSSR count). The van der Waals surface area contributed by atoms with Crippen LogP contribution < -0.4 is 30.9 Å². The lowest BCUT2D eigenvalue weighted by Crippen LogP contribution is -2.45. The van der Waals surface area contributed by atoms with Crippen molar-refractivity contribution in [2.75, 3.05) is 55.6 Å². The van der Waals surface area contributed by atoms with Crippen molar-refractivity contribution in [2.24, 2.45) is 0 Å². The summed E-state index contributed by atoms with van der Waals surface area (Å²) >= 11 is 0. The van der Waals surface area contributed by atoms with Crippen LogP contribution in [0.5, 0.6) is 5.75 Å². The number of nitrogens with one attached hydrogen (secondary N) is 3.